The Balaban J connectivity index is 1.81. The fourth-order valence-electron chi connectivity index (χ4n) is 3.18. The van der Waals surface area contributed by atoms with Crippen molar-refractivity contribution in [3.8, 4) is 5.75 Å². The van der Waals surface area contributed by atoms with Gasteiger partial charge in [0, 0.05) is 11.1 Å². The quantitative estimate of drug-likeness (QED) is 0.862. The summed E-state index contributed by atoms with van der Waals surface area (Å²) in [7, 11) is 0. The molecule has 1 unspecified atom stereocenters. The normalized spacial score (nSPS) is 20.1. The molecule has 0 spiro atoms. The van der Waals surface area contributed by atoms with E-state index in [2.05, 4.69) is 4.98 Å². The summed E-state index contributed by atoms with van der Waals surface area (Å²) in [6, 6.07) is 7.97. The summed E-state index contributed by atoms with van der Waals surface area (Å²) in [6.07, 6.45) is 3.99. The molecule has 4 heteroatoms. The number of aromatic nitrogens is 2. The maximum Gasteiger partial charge on any atom is 0.254 e. The number of aromatic amines is 1. The van der Waals surface area contributed by atoms with Crippen molar-refractivity contribution in [1.29, 1.82) is 0 Å². The molecule has 1 atom stereocenters. The van der Waals surface area contributed by atoms with E-state index in [9.17, 15) is 4.79 Å². The van der Waals surface area contributed by atoms with Crippen molar-refractivity contribution < 1.29 is 4.74 Å². The average molecular weight is 268 g/mol. The highest BCUT2D eigenvalue weighted by atomic mass is 16.5. The second-order valence-electron chi connectivity index (χ2n) is 5.48. The molecule has 20 heavy (non-hydrogen) atoms. The van der Waals surface area contributed by atoms with Gasteiger partial charge in [-0.2, -0.15) is 0 Å². The van der Waals surface area contributed by atoms with Gasteiger partial charge < -0.3 is 9.72 Å². The molecule has 102 valence electrons. The molecule has 0 fully saturated rings. The van der Waals surface area contributed by atoms with E-state index in [1.165, 1.54) is 0 Å². The van der Waals surface area contributed by atoms with Crippen LogP contribution < -0.4 is 10.3 Å². The second kappa shape index (κ2) is 4.47. The lowest BCUT2D eigenvalue weighted by Crippen LogP contribution is -2.24. The zero-order valence-corrected chi connectivity index (χ0v) is 11.2. The standard InChI is InChI=1S/C16H16N2O2/c19-16-11-6-1-3-7-13(11)17-15(18-16)12-9-20-14-8-4-2-5-10(12)14/h2,4-5,8,12H,1,3,6-7,9H2,(H,17,18,19). The van der Waals surface area contributed by atoms with Crippen molar-refractivity contribution in [3.63, 3.8) is 0 Å². The molecule has 1 aliphatic heterocycles. The van der Waals surface area contributed by atoms with Gasteiger partial charge in [0.15, 0.2) is 0 Å². The second-order valence-corrected chi connectivity index (χ2v) is 5.48. The number of hydrogen-bond acceptors (Lipinski definition) is 3. The highest BCUT2D eigenvalue weighted by Gasteiger charge is 2.28. The van der Waals surface area contributed by atoms with E-state index in [4.69, 9.17) is 9.72 Å². The summed E-state index contributed by atoms with van der Waals surface area (Å²) in [5.74, 6) is 1.70. The van der Waals surface area contributed by atoms with Crippen LogP contribution in [0.15, 0.2) is 29.1 Å². The predicted molar refractivity (Wildman–Crippen MR) is 75.3 cm³/mol. The molecule has 2 aromatic rings. The Morgan fingerprint density at radius 1 is 1.20 bits per heavy atom. The van der Waals surface area contributed by atoms with Gasteiger partial charge in [-0.3, -0.25) is 4.79 Å². The number of para-hydroxylation sites is 1. The van der Waals surface area contributed by atoms with Crippen LogP contribution in [-0.2, 0) is 12.8 Å². The summed E-state index contributed by atoms with van der Waals surface area (Å²) in [6.45, 7) is 0.557. The molecule has 0 radical (unpaired) electrons. The van der Waals surface area contributed by atoms with Crippen molar-refractivity contribution in [2.24, 2.45) is 0 Å². The van der Waals surface area contributed by atoms with E-state index < -0.39 is 0 Å². The third-order valence-electron chi connectivity index (χ3n) is 4.24. The average Bonchev–Trinajstić information content (AvgIpc) is 2.91. The summed E-state index contributed by atoms with van der Waals surface area (Å²) in [5.41, 5.74) is 3.02. The molecule has 0 saturated carbocycles. The van der Waals surface area contributed by atoms with Gasteiger partial charge in [0.05, 0.1) is 11.6 Å². The summed E-state index contributed by atoms with van der Waals surface area (Å²) in [5, 5.41) is 0. The number of nitrogens with zero attached hydrogens (tertiary/aromatic N) is 1. The van der Waals surface area contributed by atoms with Gasteiger partial charge in [-0.1, -0.05) is 18.2 Å². The minimum absolute atomic E-state index is 0.0362. The number of benzene rings is 1. The van der Waals surface area contributed by atoms with Gasteiger partial charge in [-0.25, -0.2) is 4.98 Å². The molecular formula is C16H16N2O2. The van der Waals surface area contributed by atoms with Crippen LogP contribution in [0, 0.1) is 0 Å². The van der Waals surface area contributed by atoms with Crippen molar-refractivity contribution in [2.45, 2.75) is 31.6 Å². The molecule has 0 saturated heterocycles. The van der Waals surface area contributed by atoms with Crippen LogP contribution in [0.4, 0.5) is 0 Å². The lowest BCUT2D eigenvalue weighted by molar-refractivity contribution is 0.339. The number of H-pyrrole nitrogens is 1. The molecule has 0 bridgehead atoms. The van der Waals surface area contributed by atoms with E-state index in [1.807, 2.05) is 24.3 Å². The molecule has 1 aromatic carbocycles. The highest BCUT2D eigenvalue weighted by Crippen LogP contribution is 2.36. The maximum atomic E-state index is 12.2. The summed E-state index contributed by atoms with van der Waals surface area (Å²) < 4.78 is 5.69. The van der Waals surface area contributed by atoms with Crippen LogP contribution in [0.3, 0.4) is 0 Å². The Kier molecular flexibility index (Phi) is 2.62. The van der Waals surface area contributed by atoms with Crippen LogP contribution in [0.25, 0.3) is 0 Å². The van der Waals surface area contributed by atoms with Crippen LogP contribution in [-0.4, -0.2) is 16.6 Å². The Morgan fingerprint density at radius 3 is 3.00 bits per heavy atom. The van der Waals surface area contributed by atoms with E-state index in [0.717, 1.165) is 54.1 Å². The first-order valence-electron chi connectivity index (χ1n) is 7.16. The van der Waals surface area contributed by atoms with Gasteiger partial charge in [-0.05, 0) is 31.7 Å². The summed E-state index contributed by atoms with van der Waals surface area (Å²) in [4.78, 5) is 19.9. The number of hydrogen-bond donors (Lipinski definition) is 1. The van der Waals surface area contributed by atoms with Gasteiger partial charge >= 0.3 is 0 Å². The molecule has 1 aliphatic carbocycles. The molecule has 2 heterocycles. The third-order valence-corrected chi connectivity index (χ3v) is 4.24. The van der Waals surface area contributed by atoms with Crippen molar-refractivity contribution >= 4 is 0 Å². The lowest BCUT2D eigenvalue weighted by Gasteiger charge is -2.16. The van der Waals surface area contributed by atoms with E-state index in [0.29, 0.717) is 6.61 Å². The first-order valence-corrected chi connectivity index (χ1v) is 7.16. The largest absolute Gasteiger partial charge is 0.492 e. The Labute approximate surface area is 116 Å². The van der Waals surface area contributed by atoms with Crippen molar-refractivity contribution in [2.75, 3.05) is 6.61 Å². The van der Waals surface area contributed by atoms with Crippen LogP contribution in [0.1, 0.15) is 41.4 Å². The lowest BCUT2D eigenvalue weighted by atomic mass is 9.95. The number of nitrogens with one attached hydrogen (secondary N) is 1. The molecule has 4 nitrogen and oxygen atoms in total. The number of aryl methyl sites for hydroxylation is 1. The minimum Gasteiger partial charge on any atom is -0.492 e. The van der Waals surface area contributed by atoms with Crippen LogP contribution in [0.5, 0.6) is 5.75 Å². The van der Waals surface area contributed by atoms with Gasteiger partial charge in [0.25, 0.3) is 5.56 Å². The number of rotatable bonds is 1. The van der Waals surface area contributed by atoms with E-state index in [1.54, 1.807) is 0 Å². The SMILES string of the molecule is O=c1[nH]c(C2COc3ccccc32)nc2c1CCCC2. The third kappa shape index (κ3) is 1.75. The molecule has 2 aliphatic rings. The smallest absolute Gasteiger partial charge is 0.254 e. The number of fused-ring (bicyclic) bond motifs is 2. The molecule has 1 N–H and O–H groups in total. The highest BCUT2D eigenvalue weighted by molar-refractivity contribution is 5.43. The zero-order valence-electron chi connectivity index (χ0n) is 11.2. The monoisotopic (exact) mass is 268 g/mol. The van der Waals surface area contributed by atoms with Crippen molar-refractivity contribution in [1.82, 2.24) is 9.97 Å². The predicted octanol–water partition coefficient (Wildman–Crippen LogP) is 2.17. The first kappa shape index (κ1) is 11.7. The Bertz CT molecular complexity index is 721. The molecule has 4 rings (SSSR count). The maximum absolute atomic E-state index is 12.2. The van der Waals surface area contributed by atoms with E-state index >= 15 is 0 Å². The fourth-order valence-corrected chi connectivity index (χ4v) is 3.18. The fraction of sp³-hybridized carbons (Fsp3) is 0.375. The first-order chi connectivity index (χ1) is 9.83. The zero-order chi connectivity index (χ0) is 13.5. The number of ether oxygens (including phenoxy) is 1. The Hall–Kier alpha value is -2.10. The van der Waals surface area contributed by atoms with Crippen LogP contribution in [0.2, 0.25) is 0 Å². The summed E-state index contributed by atoms with van der Waals surface area (Å²) >= 11 is 0. The molecular weight excluding hydrogens is 252 g/mol. The minimum atomic E-state index is 0.0362. The van der Waals surface area contributed by atoms with Gasteiger partial charge in [0.1, 0.15) is 18.2 Å². The Morgan fingerprint density at radius 2 is 2.05 bits per heavy atom. The molecule has 1 aromatic heterocycles. The van der Waals surface area contributed by atoms with Gasteiger partial charge in [-0.15, -0.1) is 0 Å². The van der Waals surface area contributed by atoms with E-state index in [-0.39, 0.29) is 11.5 Å². The topological polar surface area (TPSA) is 55.0 Å². The van der Waals surface area contributed by atoms with Crippen LogP contribution >= 0.6 is 0 Å². The van der Waals surface area contributed by atoms with Gasteiger partial charge in [0.2, 0.25) is 0 Å². The van der Waals surface area contributed by atoms with Crippen molar-refractivity contribution in [3.05, 3.63) is 57.3 Å². The molecule has 0 amide bonds.